The van der Waals surface area contributed by atoms with Crippen molar-refractivity contribution in [3.8, 4) is 0 Å². The van der Waals surface area contributed by atoms with Crippen LogP contribution in [0, 0.1) is 5.82 Å². The van der Waals surface area contributed by atoms with Gasteiger partial charge in [0.25, 0.3) is 0 Å². The lowest BCUT2D eigenvalue weighted by molar-refractivity contribution is -0.137. The second-order valence-electron chi connectivity index (χ2n) is 4.57. The molecule has 1 saturated heterocycles. The van der Waals surface area contributed by atoms with Gasteiger partial charge in [-0.25, -0.2) is 14.8 Å². The van der Waals surface area contributed by atoms with Gasteiger partial charge >= 0.3 is 11.8 Å². The Hall–Kier alpha value is -2.12. The van der Waals surface area contributed by atoms with Crippen LogP contribution in [0.4, 0.5) is 4.39 Å². The molecule has 1 aliphatic heterocycles. The number of hydrazine groups is 1. The van der Waals surface area contributed by atoms with Crippen molar-refractivity contribution in [1.29, 1.82) is 0 Å². The summed E-state index contributed by atoms with van der Waals surface area (Å²) in [6.45, 7) is 0.922. The maximum atomic E-state index is 12.7. The van der Waals surface area contributed by atoms with Gasteiger partial charge in [0.2, 0.25) is 0 Å². The summed E-state index contributed by atoms with van der Waals surface area (Å²) in [5, 5.41) is 0. The number of hydrogen-bond donors (Lipinski definition) is 2. The molecule has 6 nitrogen and oxygen atoms in total. The first kappa shape index (κ1) is 15.3. The summed E-state index contributed by atoms with van der Waals surface area (Å²) in [5.74, 6) is -2.08. The molecule has 2 N–H and O–H groups in total. The minimum absolute atomic E-state index is 0.186. The molecule has 112 valence electrons. The summed E-state index contributed by atoms with van der Waals surface area (Å²) < 4.78 is 17.9. The molecule has 0 radical (unpaired) electrons. The Morgan fingerprint density at radius 2 is 2.14 bits per heavy atom. The summed E-state index contributed by atoms with van der Waals surface area (Å²) in [5.41, 5.74) is 5.59. The molecule has 1 aromatic rings. The number of carbonyl (C=O) groups excluding carboxylic acids is 2. The van der Waals surface area contributed by atoms with Gasteiger partial charge in [-0.1, -0.05) is 12.1 Å². The van der Waals surface area contributed by atoms with E-state index >= 15 is 0 Å². The van der Waals surface area contributed by atoms with Crippen LogP contribution in [-0.4, -0.2) is 30.7 Å². The van der Waals surface area contributed by atoms with Gasteiger partial charge in [0, 0.05) is 19.4 Å². The van der Waals surface area contributed by atoms with Crippen LogP contribution in [0.3, 0.4) is 0 Å². The van der Waals surface area contributed by atoms with E-state index in [9.17, 15) is 14.0 Å². The fourth-order valence-corrected chi connectivity index (χ4v) is 1.81. The van der Waals surface area contributed by atoms with Gasteiger partial charge in [0.15, 0.2) is 0 Å². The molecular formula is C14H16FN3O3. The SMILES string of the molecule is O=C(N=C[C@@H]1CCCO1)C(=O)NNCc1ccc(F)cc1. The van der Waals surface area contributed by atoms with Crippen molar-refractivity contribution in [2.75, 3.05) is 6.61 Å². The van der Waals surface area contributed by atoms with E-state index in [0.29, 0.717) is 6.61 Å². The van der Waals surface area contributed by atoms with E-state index in [2.05, 4.69) is 15.8 Å². The molecular weight excluding hydrogens is 277 g/mol. The molecule has 1 aromatic carbocycles. The highest BCUT2D eigenvalue weighted by atomic mass is 19.1. The molecule has 0 aliphatic carbocycles. The molecule has 1 atom stereocenters. The zero-order chi connectivity index (χ0) is 15.1. The smallest absolute Gasteiger partial charge is 0.336 e. The van der Waals surface area contributed by atoms with Gasteiger partial charge in [-0.15, -0.1) is 0 Å². The lowest BCUT2D eigenvalue weighted by Gasteiger charge is -2.05. The largest absolute Gasteiger partial charge is 0.373 e. The van der Waals surface area contributed by atoms with Gasteiger partial charge in [-0.3, -0.25) is 15.0 Å². The molecule has 1 fully saturated rings. The number of benzene rings is 1. The van der Waals surface area contributed by atoms with E-state index in [1.54, 1.807) is 12.1 Å². The average Bonchev–Trinajstić information content (AvgIpc) is 3.00. The molecule has 1 aliphatic rings. The standard InChI is InChI=1S/C14H16FN3O3/c15-11-5-3-10(4-6-11)8-17-18-14(20)13(19)16-9-12-2-1-7-21-12/h3-6,9,12,17H,1-2,7-8H2,(H,18,20)/t12-/m0/s1. The van der Waals surface area contributed by atoms with Gasteiger partial charge in [-0.05, 0) is 30.5 Å². The van der Waals surface area contributed by atoms with Gasteiger partial charge < -0.3 is 4.74 Å². The van der Waals surface area contributed by atoms with Crippen molar-refractivity contribution in [3.63, 3.8) is 0 Å². The van der Waals surface area contributed by atoms with Crippen molar-refractivity contribution in [2.24, 2.45) is 4.99 Å². The third kappa shape index (κ3) is 5.05. The van der Waals surface area contributed by atoms with Crippen LogP contribution in [0.25, 0.3) is 0 Å². The van der Waals surface area contributed by atoms with Crippen molar-refractivity contribution < 1.29 is 18.7 Å². The van der Waals surface area contributed by atoms with Crippen LogP contribution in [0.2, 0.25) is 0 Å². The lowest BCUT2D eigenvalue weighted by Crippen LogP contribution is -2.40. The normalized spacial score (nSPS) is 18.0. The first-order valence-corrected chi connectivity index (χ1v) is 6.62. The highest BCUT2D eigenvalue weighted by Gasteiger charge is 2.15. The van der Waals surface area contributed by atoms with Gasteiger partial charge in [0.1, 0.15) is 5.82 Å². The average molecular weight is 293 g/mol. The summed E-state index contributed by atoms with van der Waals surface area (Å²) in [7, 11) is 0. The van der Waals surface area contributed by atoms with Crippen molar-refractivity contribution in [3.05, 3.63) is 35.6 Å². The Morgan fingerprint density at radius 1 is 1.38 bits per heavy atom. The Labute approximate surface area is 121 Å². The van der Waals surface area contributed by atoms with Crippen molar-refractivity contribution in [2.45, 2.75) is 25.5 Å². The molecule has 2 amide bonds. The minimum atomic E-state index is -0.892. The zero-order valence-electron chi connectivity index (χ0n) is 11.3. The van der Waals surface area contributed by atoms with Crippen LogP contribution < -0.4 is 10.9 Å². The molecule has 21 heavy (non-hydrogen) atoms. The highest BCUT2D eigenvalue weighted by Crippen LogP contribution is 2.09. The fraction of sp³-hybridized carbons (Fsp3) is 0.357. The third-order valence-corrected chi connectivity index (χ3v) is 2.92. The number of halogens is 1. The number of nitrogens with zero attached hydrogens (tertiary/aromatic N) is 1. The summed E-state index contributed by atoms with van der Waals surface area (Å²) in [6, 6.07) is 5.78. The summed E-state index contributed by atoms with van der Waals surface area (Å²) in [4.78, 5) is 26.4. The predicted octanol–water partition coefficient (Wildman–Crippen LogP) is 0.723. The van der Waals surface area contributed by atoms with E-state index in [-0.39, 0.29) is 18.5 Å². The first-order valence-electron chi connectivity index (χ1n) is 6.62. The van der Waals surface area contributed by atoms with Crippen LogP contribution in [0.1, 0.15) is 18.4 Å². The number of nitrogens with one attached hydrogen (secondary N) is 2. The van der Waals surface area contributed by atoms with E-state index in [1.807, 2.05) is 0 Å². The van der Waals surface area contributed by atoms with E-state index in [4.69, 9.17) is 4.74 Å². The van der Waals surface area contributed by atoms with Gasteiger partial charge in [0.05, 0.1) is 6.10 Å². The number of carbonyl (C=O) groups is 2. The minimum Gasteiger partial charge on any atom is -0.373 e. The molecule has 7 heteroatoms. The Morgan fingerprint density at radius 3 is 2.81 bits per heavy atom. The molecule has 1 heterocycles. The number of amides is 2. The number of rotatable bonds is 4. The van der Waals surface area contributed by atoms with E-state index < -0.39 is 11.8 Å². The van der Waals surface area contributed by atoms with E-state index in [1.165, 1.54) is 18.3 Å². The molecule has 2 rings (SSSR count). The molecule has 0 spiro atoms. The highest BCUT2D eigenvalue weighted by molar-refractivity contribution is 6.36. The van der Waals surface area contributed by atoms with Crippen LogP contribution >= 0.6 is 0 Å². The number of hydrogen-bond acceptors (Lipinski definition) is 4. The topological polar surface area (TPSA) is 79.8 Å². The zero-order valence-corrected chi connectivity index (χ0v) is 11.3. The predicted molar refractivity (Wildman–Crippen MR) is 73.9 cm³/mol. The quantitative estimate of drug-likeness (QED) is 0.487. The fourth-order valence-electron chi connectivity index (χ4n) is 1.81. The maximum absolute atomic E-state index is 12.7. The molecule has 0 aromatic heterocycles. The van der Waals surface area contributed by atoms with Crippen LogP contribution in [-0.2, 0) is 20.9 Å². The van der Waals surface area contributed by atoms with Crippen molar-refractivity contribution >= 4 is 18.0 Å². The first-order chi connectivity index (χ1) is 10.1. The molecule has 0 bridgehead atoms. The number of aliphatic imine (C=N–C) groups is 1. The monoisotopic (exact) mass is 293 g/mol. The maximum Gasteiger partial charge on any atom is 0.336 e. The number of ether oxygens (including phenoxy) is 1. The van der Waals surface area contributed by atoms with Gasteiger partial charge in [-0.2, -0.15) is 0 Å². The lowest BCUT2D eigenvalue weighted by atomic mass is 10.2. The Kier molecular flexibility index (Phi) is 5.53. The van der Waals surface area contributed by atoms with E-state index in [0.717, 1.165) is 18.4 Å². The molecule has 0 saturated carbocycles. The van der Waals surface area contributed by atoms with Crippen LogP contribution in [0.15, 0.2) is 29.3 Å². The Balaban J connectivity index is 1.70. The molecule has 0 unspecified atom stereocenters. The van der Waals surface area contributed by atoms with Crippen molar-refractivity contribution in [1.82, 2.24) is 10.9 Å². The third-order valence-electron chi connectivity index (χ3n) is 2.92. The summed E-state index contributed by atoms with van der Waals surface area (Å²) >= 11 is 0. The Bertz CT molecular complexity index is 525. The van der Waals surface area contributed by atoms with Crippen LogP contribution in [0.5, 0.6) is 0 Å². The summed E-state index contributed by atoms with van der Waals surface area (Å²) in [6.07, 6.45) is 2.90. The second kappa shape index (κ2) is 7.61. The second-order valence-corrected chi connectivity index (χ2v) is 4.57.